The van der Waals surface area contributed by atoms with Crippen molar-refractivity contribution in [3.63, 3.8) is 0 Å². The van der Waals surface area contributed by atoms with Gasteiger partial charge in [0.15, 0.2) is 11.2 Å². The Bertz CT molecular complexity index is 1310. The van der Waals surface area contributed by atoms with Crippen LogP contribution in [0.4, 0.5) is 11.6 Å². The van der Waals surface area contributed by atoms with E-state index in [9.17, 15) is 14.7 Å². The topological polar surface area (TPSA) is 103 Å². The standard InChI is InChI=1S/C22H23N5O4/c1-25-19-18(20(29)26(2)22(25)30)27(21(24-19)23-15-9-5-3-6-10-15)13-16(28)14-31-17-11-7-4-8-12-17/h3-12,16,28H,13-14H2,1-2H3,(H,23,24)/t16-/m1/s1. The van der Waals surface area contributed by atoms with Crippen LogP contribution in [0.1, 0.15) is 0 Å². The summed E-state index contributed by atoms with van der Waals surface area (Å²) in [6.45, 7) is 0.0759. The number of fused-ring (bicyclic) bond motifs is 1. The van der Waals surface area contributed by atoms with Crippen molar-refractivity contribution in [2.24, 2.45) is 14.1 Å². The number of aliphatic hydroxyl groups excluding tert-OH is 1. The van der Waals surface area contributed by atoms with Crippen LogP contribution in [0, 0.1) is 0 Å². The first-order valence-electron chi connectivity index (χ1n) is 9.80. The van der Waals surface area contributed by atoms with Crippen molar-refractivity contribution in [2.75, 3.05) is 11.9 Å². The van der Waals surface area contributed by atoms with Gasteiger partial charge in [-0.25, -0.2) is 4.79 Å². The summed E-state index contributed by atoms with van der Waals surface area (Å²) < 4.78 is 9.57. The fraction of sp³-hybridized carbons (Fsp3) is 0.227. The molecule has 0 bridgehead atoms. The van der Waals surface area contributed by atoms with Gasteiger partial charge in [-0.3, -0.25) is 13.9 Å². The summed E-state index contributed by atoms with van der Waals surface area (Å²) in [5.41, 5.74) is 0.268. The number of rotatable bonds is 7. The molecule has 2 aromatic carbocycles. The molecule has 0 saturated carbocycles. The summed E-state index contributed by atoms with van der Waals surface area (Å²) in [6, 6.07) is 18.5. The van der Waals surface area contributed by atoms with Crippen molar-refractivity contribution in [1.82, 2.24) is 18.7 Å². The van der Waals surface area contributed by atoms with Gasteiger partial charge in [0.05, 0.1) is 6.54 Å². The molecule has 2 heterocycles. The van der Waals surface area contributed by atoms with Gasteiger partial charge in [0, 0.05) is 19.8 Å². The lowest BCUT2D eigenvalue weighted by molar-refractivity contribution is 0.0938. The van der Waals surface area contributed by atoms with E-state index in [1.165, 1.54) is 11.6 Å². The Labute approximate surface area is 177 Å². The largest absolute Gasteiger partial charge is 0.491 e. The Kier molecular flexibility index (Phi) is 5.59. The first-order chi connectivity index (χ1) is 15.0. The van der Waals surface area contributed by atoms with Crippen LogP contribution in [0.2, 0.25) is 0 Å². The van der Waals surface area contributed by atoms with Crippen LogP contribution in [0.3, 0.4) is 0 Å². The molecule has 0 unspecified atom stereocenters. The Morgan fingerprint density at radius 2 is 1.65 bits per heavy atom. The highest BCUT2D eigenvalue weighted by atomic mass is 16.5. The highest BCUT2D eigenvalue weighted by Gasteiger charge is 2.21. The molecular formula is C22H23N5O4. The van der Waals surface area contributed by atoms with E-state index >= 15 is 0 Å². The lowest BCUT2D eigenvalue weighted by Gasteiger charge is -2.16. The molecule has 0 fully saturated rings. The van der Waals surface area contributed by atoms with E-state index in [-0.39, 0.29) is 24.3 Å². The van der Waals surface area contributed by atoms with Crippen LogP contribution in [0.15, 0.2) is 70.3 Å². The number of benzene rings is 2. The van der Waals surface area contributed by atoms with Crippen molar-refractivity contribution in [2.45, 2.75) is 12.6 Å². The van der Waals surface area contributed by atoms with Gasteiger partial charge in [-0.15, -0.1) is 0 Å². The summed E-state index contributed by atoms with van der Waals surface area (Å²) in [4.78, 5) is 29.7. The van der Waals surface area contributed by atoms with Crippen molar-refractivity contribution in [3.8, 4) is 5.75 Å². The third kappa shape index (κ3) is 4.08. The number of aryl methyl sites for hydroxylation is 1. The number of aromatic nitrogens is 4. The van der Waals surface area contributed by atoms with Gasteiger partial charge in [0.25, 0.3) is 5.56 Å². The lowest BCUT2D eigenvalue weighted by atomic mass is 10.3. The third-order valence-corrected chi connectivity index (χ3v) is 4.96. The summed E-state index contributed by atoms with van der Waals surface area (Å²) in [7, 11) is 2.98. The second kappa shape index (κ2) is 8.49. The van der Waals surface area contributed by atoms with Gasteiger partial charge in [-0.2, -0.15) is 4.98 Å². The monoisotopic (exact) mass is 421 g/mol. The number of hydrogen-bond donors (Lipinski definition) is 2. The molecule has 0 radical (unpaired) electrons. The minimum absolute atomic E-state index is 0.0283. The highest BCUT2D eigenvalue weighted by molar-refractivity contribution is 5.75. The van der Waals surface area contributed by atoms with E-state index in [2.05, 4.69) is 10.3 Å². The molecule has 31 heavy (non-hydrogen) atoms. The molecule has 160 valence electrons. The molecule has 2 aromatic heterocycles. The van der Waals surface area contributed by atoms with Crippen molar-refractivity contribution in [1.29, 1.82) is 0 Å². The first kappa shape index (κ1) is 20.4. The maximum absolute atomic E-state index is 12.9. The molecule has 9 nitrogen and oxygen atoms in total. The summed E-state index contributed by atoms with van der Waals surface area (Å²) in [6.07, 6.45) is -0.920. The quantitative estimate of drug-likeness (QED) is 0.470. The predicted octanol–water partition coefficient (Wildman–Crippen LogP) is 1.62. The normalized spacial score (nSPS) is 12.1. The summed E-state index contributed by atoms with van der Waals surface area (Å²) >= 11 is 0. The van der Waals surface area contributed by atoms with Gasteiger partial charge in [-0.1, -0.05) is 36.4 Å². The Balaban J connectivity index is 1.73. The number of nitrogens with one attached hydrogen (secondary N) is 1. The molecule has 0 aliphatic rings. The smallest absolute Gasteiger partial charge is 0.332 e. The van der Waals surface area contributed by atoms with Gasteiger partial charge in [0.2, 0.25) is 5.95 Å². The Morgan fingerprint density at radius 1 is 1.00 bits per heavy atom. The van der Waals surface area contributed by atoms with Crippen LogP contribution in [-0.4, -0.2) is 36.5 Å². The number of imidazole rings is 1. The molecule has 4 rings (SSSR count). The molecule has 4 aromatic rings. The van der Waals surface area contributed by atoms with Crippen LogP contribution < -0.4 is 21.3 Å². The first-order valence-corrected chi connectivity index (χ1v) is 9.80. The Morgan fingerprint density at radius 3 is 2.32 bits per heavy atom. The third-order valence-electron chi connectivity index (χ3n) is 4.96. The predicted molar refractivity (Wildman–Crippen MR) is 118 cm³/mol. The van der Waals surface area contributed by atoms with Crippen LogP contribution in [-0.2, 0) is 20.6 Å². The van der Waals surface area contributed by atoms with Crippen molar-refractivity contribution < 1.29 is 9.84 Å². The maximum atomic E-state index is 12.9. The second-order valence-electron chi connectivity index (χ2n) is 7.19. The molecular weight excluding hydrogens is 398 g/mol. The number of nitrogens with zero attached hydrogens (tertiary/aromatic N) is 4. The zero-order valence-electron chi connectivity index (χ0n) is 17.2. The number of hydrogen-bond acceptors (Lipinski definition) is 6. The Hall–Kier alpha value is -3.85. The van der Waals surface area contributed by atoms with Crippen LogP contribution in [0.5, 0.6) is 5.75 Å². The van der Waals surface area contributed by atoms with Crippen molar-refractivity contribution >= 4 is 22.8 Å². The van der Waals surface area contributed by atoms with Gasteiger partial charge in [0.1, 0.15) is 18.5 Å². The van der Waals surface area contributed by atoms with E-state index in [0.29, 0.717) is 11.7 Å². The van der Waals surface area contributed by atoms with E-state index in [0.717, 1.165) is 10.3 Å². The number of para-hydroxylation sites is 2. The second-order valence-corrected chi connectivity index (χ2v) is 7.19. The molecule has 0 aliphatic heterocycles. The number of aliphatic hydroxyl groups is 1. The zero-order chi connectivity index (χ0) is 22.0. The van der Waals surface area contributed by atoms with Crippen molar-refractivity contribution in [3.05, 3.63) is 81.5 Å². The zero-order valence-corrected chi connectivity index (χ0v) is 17.2. The lowest BCUT2D eigenvalue weighted by Crippen LogP contribution is -2.38. The average Bonchev–Trinajstić information content (AvgIpc) is 3.14. The highest BCUT2D eigenvalue weighted by Crippen LogP contribution is 2.21. The van der Waals surface area contributed by atoms with Crippen LogP contribution in [0.25, 0.3) is 11.2 Å². The average molecular weight is 421 g/mol. The minimum Gasteiger partial charge on any atom is -0.491 e. The SMILES string of the molecule is Cn1c(=O)c2c(nc(Nc3ccccc3)n2C[C@@H](O)COc2ccccc2)n(C)c1=O. The van der Waals surface area contributed by atoms with E-state index in [4.69, 9.17) is 4.74 Å². The van der Waals surface area contributed by atoms with Gasteiger partial charge < -0.3 is 19.7 Å². The summed E-state index contributed by atoms with van der Waals surface area (Å²) in [5, 5.41) is 13.8. The molecule has 0 saturated heterocycles. The molecule has 9 heteroatoms. The van der Waals surface area contributed by atoms with E-state index < -0.39 is 17.4 Å². The molecule has 0 amide bonds. The number of anilines is 2. The van der Waals surface area contributed by atoms with E-state index in [1.807, 2.05) is 48.5 Å². The molecule has 0 aliphatic carbocycles. The maximum Gasteiger partial charge on any atom is 0.332 e. The van der Waals surface area contributed by atoms with E-state index in [1.54, 1.807) is 23.7 Å². The molecule has 2 N–H and O–H groups in total. The van der Waals surface area contributed by atoms with Crippen LogP contribution >= 0.6 is 0 Å². The fourth-order valence-corrected chi connectivity index (χ4v) is 3.34. The molecule has 0 spiro atoms. The minimum atomic E-state index is -0.920. The fourth-order valence-electron chi connectivity index (χ4n) is 3.34. The number of ether oxygens (including phenoxy) is 1. The van der Waals surface area contributed by atoms with Gasteiger partial charge in [-0.05, 0) is 24.3 Å². The summed E-state index contributed by atoms with van der Waals surface area (Å²) in [5.74, 6) is 0.983. The molecule has 1 atom stereocenters. The van der Waals surface area contributed by atoms with Gasteiger partial charge >= 0.3 is 5.69 Å².